The van der Waals surface area contributed by atoms with Crippen LogP contribution in [0.3, 0.4) is 0 Å². The number of aliphatic hydroxyl groups is 1. The first-order valence-electron chi connectivity index (χ1n) is 6.64. The van der Waals surface area contributed by atoms with E-state index in [1.165, 1.54) is 4.90 Å². The van der Waals surface area contributed by atoms with E-state index in [9.17, 15) is 9.59 Å². The highest BCUT2D eigenvalue weighted by atomic mass is 16.2. The summed E-state index contributed by atoms with van der Waals surface area (Å²) in [5.41, 5.74) is 1.96. The van der Waals surface area contributed by atoms with Crippen LogP contribution in [0.15, 0.2) is 18.2 Å². The quantitative estimate of drug-likeness (QED) is 0.795. The molecule has 5 nitrogen and oxygen atoms in total. The van der Waals surface area contributed by atoms with Crippen LogP contribution >= 0.6 is 0 Å². The van der Waals surface area contributed by atoms with Crippen molar-refractivity contribution in [1.82, 2.24) is 10.2 Å². The van der Waals surface area contributed by atoms with Crippen LogP contribution in [0.1, 0.15) is 27.9 Å². The molecule has 0 aliphatic carbocycles. The standard InChI is InChI=1S/C16H20N2O3/c1-12-6-7-13(5-4-10-19)14(11-12)16(21)17-9-8-15(20)18(2)3/h6-7,11,19H,8-10H2,1-3H3,(H,17,21). The molecule has 0 spiro atoms. The zero-order chi connectivity index (χ0) is 15.8. The molecular weight excluding hydrogens is 268 g/mol. The molecule has 0 radical (unpaired) electrons. The molecule has 0 aliphatic rings. The molecule has 1 aromatic rings. The Morgan fingerprint density at radius 2 is 2.05 bits per heavy atom. The summed E-state index contributed by atoms with van der Waals surface area (Å²) in [6.07, 6.45) is 0.252. The lowest BCUT2D eigenvalue weighted by molar-refractivity contribution is -0.128. The van der Waals surface area contributed by atoms with E-state index in [4.69, 9.17) is 5.11 Å². The minimum Gasteiger partial charge on any atom is -0.384 e. The first-order chi connectivity index (χ1) is 9.95. The molecule has 2 amide bonds. The SMILES string of the molecule is Cc1ccc(C#CCO)c(C(=O)NCCC(=O)N(C)C)c1. The Hall–Kier alpha value is -2.32. The molecule has 0 heterocycles. The number of carbonyl (C=O) groups excluding carboxylic acids is 2. The summed E-state index contributed by atoms with van der Waals surface area (Å²) < 4.78 is 0. The van der Waals surface area contributed by atoms with Gasteiger partial charge in [0.25, 0.3) is 5.91 Å². The van der Waals surface area contributed by atoms with Gasteiger partial charge in [0.2, 0.25) is 5.91 Å². The number of hydrogen-bond donors (Lipinski definition) is 2. The molecule has 0 aliphatic heterocycles. The van der Waals surface area contributed by atoms with Gasteiger partial charge in [0, 0.05) is 32.6 Å². The zero-order valence-electron chi connectivity index (χ0n) is 12.6. The summed E-state index contributed by atoms with van der Waals surface area (Å²) in [4.78, 5) is 25.1. The third kappa shape index (κ3) is 5.28. The highest BCUT2D eigenvalue weighted by Crippen LogP contribution is 2.11. The Kier molecular flexibility index (Phi) is 6.44. The maximum atomic E-state index is 12.2. The molecule has 1 rings (SSSR count). The normalized spacial score (nSPS) is 9.52. The van der Waals surface area contributed by atoms with Crippen molar-refractivity contribution in [3.8, 4) is 11.8 Å². The number of benzene rings is 1. The molecule has 5 heteroatoms. The highest BCUT2D eigenvalue weighted by molar-refractivity contribution is 5.97. The van der Waals surface area contributed by atoms with Crippen LogP contribution in [-0.4, -0.2) is 49.1 Å². The van der Waals surface area contributed by atoms with Gasteiger partial charge in [0.1, 0.15) is 6.61 Å². The maximum absolute atomic E-state index is 12.2. The van der Waals surface area contributed by atoms with Gasteiger partial charge in [0.05, 0.1) is 5.56 Å². The molecular formula is C16H20N2O3. The second-order valence-electron chi connectivity index (χ2n) is 4.80. The number of hydrogen-bond acceptors (Lipinski definition) is 3. The third-order valence-corrected chi connectivity index (χ3v) is 2.85. The molecule has 2 N–H and O–H groups in total. The van der Waals surface area contributed by atoms with Gasteiger partial charge in [-0.25, -0.2) is 0 Å². The predicted octanol–water partition coefficient (Wildman–Crippen LogP) is 0.547. The summed E-state index contributed by atoms with van der Waals surface area (Å²) >= 11 is 0. The monoisotopic (exact) mass is 288 g/mol. The largest absolute Gasteiger partial charge is 0.384 e. The number of carbonyl (C=O) groups is 2. The molecule has 0 unspecified atom stereocenters. The van der Waals surface area contributed by atoms with Gasteiger partial charge in [0.15, 0.2) is 0 Å². The Labute approximate surface area is 125 Å². The lowest BCUT2D eigenvalue weighted by Gasteiger charge is -2.11. The van der Waals surface area contributed by atoms with Crippen LogP contribution < -0.4 is 5.32 Å². The first kappa shape index (κ1) is 16.7. The maximum Gasteiger partial charge on any atom is 0.252 e. The Morgan fingerprint density at radius 3 is 2.67 bits per heavy atom. The van der Waals surface area contributed by atoms with Crippen LogP contribution in [-0.2, 0) is 4.79 Å². The summed E-state index contributed by atoms with van der Waals surface area (Å²) in [5, 5.41) is 11.5. The van der Waals surface area contributed by atoms with E-state index >= 15 is 0 Å². The lowest BCUT2D eigenvalue weighted by atomic mass is 10.0. The van der Waals surface area contributed by atoms with Crippen molar-refractivity contribution < 1.29 is 14.7 Å². The van der Waals surface area contributed by atoms with Crippen molar-refractivity contribution in [3.63, 3.8) is 0 Å². The number of amides is 2. The lowest BCUT2D eigenvalue weighted by Crippen LogP contribution is -2.30. The number of rotatable bonds is 4. The summed E-state index contributed by atoms with van der Waals surface area (Å²) in [6.45, 7) is 1.90. The van der Waals surface area contributed by atoms with E-state index < -0.39 is 0 Å². The van der Waals surface area contributed by atoms with Crippen LogP contribution in [0.2, 0.25) is 0 Å². The van der Waals surface area contributed by atoms with Crippen molar-refractivity contribution >= 4 is 11.8 Å². The molecule has 21 heavy (non-hydrogen) atoms. The van der Waals surface area contributed by atoms with E-state index in [-0.39, 0.29) is 31.4 Å². The highest BCUT2D eigenvalue weighted by Gasteiger charge is 2.11. The van der Waals surface area contributed by atoms with Gasteiger partial charge in [-0.15, -0.1) is 0 Å². The smallest absolute Gasteiger partial charge is 0.252 e. The van der Waals surface area contributed by atoms with Gasteiger partial charge in [-0.1, -0.05) is 23.5 Å². The summed E-state index contributed by atoms with van der Waals surface area (Å²) in [7, 11) is 3.35. The second-order valence-corrected chi connectivity index (χ2v) is 4.80. The minimum absolute atomic E-state index is 0.0418. The topological polar surface area (TPSA) is 69.6 Å². The first-order valence-corrected chi connectivity index (χ1v) is 6.64. The molecule has 0 aromatic heterocycles. The average molecular weight is 288 g/mol. The Morgan fingerprint density at radius 1 is 1.33 bits per heavy atom. The number of nitrogens with zero attached hydrogens (tertiary/aromatic N) is 1. The van der Waals surface area contributed by atoms with Gasteiger partial charge in [-0.05, 0) is 19.1 Å². The molecule has 0 saturated carbocycles. The molecule has 0 saturated heterocycles. The van der Waals surface area contributed by atoms with Crippen molar-refractivity contribution in [2.45, 2.75) is 13.3 Å². The number of aliphatic hydroxyl groups excluding tert-OH is 1. The molecule has 112 valence electrons. The van der Waals surface area contributed by atoms with Crippen LogP contribution in [0.5, 0.6) is 0 Å². The third-order valence-electron chi connectivity index (χ3n) is 2.85. The number of nitrogens with one attached hydrogen (secondary N) is 1. The fourth-order valence-corrected chi connectivity index (χ4v) is 1.69. The van der Waals surface area contributed by atoms with E-state index in [2.05, 4.69) is 17.2 Å². The van der Waals surface area contributed by atoms with E-state index in [1.54, 1.807) is 26.2 Å². The zero-order valence-corrected chi connectivity index (χ0v) is 12.6. The molecule has 0 bridgehead atoms. The minimum atomic E-state index is -0.271. The predicted molar refractivity (Wildman–Crippen MR) is 80.8 cm³/mol. The summed E-state index contributed by atoms with van der Waals surface area (Å²) in [5.74, 6) is 4.97. The molecule has 0 atom stereocenters. The summed E-state index contributed by atoms with van der Waals surface area (Å²) in [6, 6.07) is 5.34. The van der Waals surface area contributed by atoms with E-state index in [0.29, 0.717) is 11.1 Å². The average Bonchev–Trinajstić information content (AvgIpc) is 2.45. The van der Waals surface area contributed by atoms with Gasteiger partial charge in [-0.3, -0.25) is 9.59 Å². The van der Waals surface area contributed by atoms with Crippen LogP contribution in [0, 0.1) is 18.8 Å². The fraction of sp³-hybridized carbons (Fsp3) is 0.375. The molecule has 0 fully saturated rings. The van der Waals surface area contributed by atoms with Crippen molar-refractivity contribution in [2.75, 3.05) is 27.2 Å². The molecule has 1 aromatic carbocycles. The van der Waals surface area contributed by atoms with Crippen molar-refractivity contribution in [3.05, 3.63) is 34.9 Å². The van der Waals surface area contributed by atoms with E-state index in [1.807, 2.05) is 13.0 Å². The van der Waals surface area contributed by atoms with Gasteiger partial charge >= 0.3 is 0 Å². The van der Waals surface area contributed by atoms with Crippen molar-refractivity contribution in [1.29, 1.82) is 0 Å². The Balaban J connectivity index is 2.77. The van der Waals surface area contributed by atoms with E-state index in [0.717, 1.165) is 5.56 Å². The van der Waals surface area contributed by atoms with Crippen LogP contribution in [0.4, 0.5) is 0 Å². The van der Waals surface area contributed by atoms with Crippen LogP contribution in [0.25, 0.3) is 0 Å². The second kappa shape index (κ2) is 8.08. The van der Waals surface area contributed by atoms with Crippen molar-refractivity contribution in [2.24, 2.45) is 0 Å². The Bertz CT molecular complexity index is 583. The number of aryl methyl sites for hydroxylation is 1. The van der Waals surface area contributed by atoms with Gasteiger partial charge in [-0.2, -0.15) is 0 Å². The fourth-order valence-electron chi connectivity index (χ4n) is 1.69. The van der Waals surface area contributed by atoms with Gasteiger partial charge < -0.3 is 15.3 Å².